The number of nitrogens with zero attached hydrogens (tertiary/aromatic N) is 2. The number of hydrogen-bond acceptors (Lipinski definition) is 3. The number of anilines is 1. The summed E-state index contributed by atoms with van der Waals surface area (Å²) in [4.78, 5) is 4.48. The highest BCUT2D eigenvalue weighted by atomic mass is 16.5. The van der Waals surface area contributed by atoms with Gasteiger partial charge in [-0.3, -0.25) is 0 Å². The molecule has 0 spiro atoms. The number of rotatable bonds is 2. The van der Waals surface area contributed by atoms with E-state index in [1.165, 1.54) is 0 Å². The van der Waals surface area contributed by atoms with Crippen LogP contribution in [0.15, 0.2) is 42.5 Å². The van der Waals surface area contributed by atoms with Gasteiger partial charge in [-0.05, 0) is 45.4 Å². The van der Waals surface area contributed by atoms with Gasteiger partial charge in [-0.25, -0.2) is 4.98 Å². The highest BCUT2D eigenvalue weighted by Gasteiger charge is 2.14. The largest absolute Gasteiger partial charge is 0.757 e. The van der Waals surface area contributed by atoms with Crippen LogP contribution in [0, 0.1) is 12.1 Å². The summed E-state index contributed by atoms with van der Waals surface area (Å²) in [7, 11) is 0. The van der Waals surface area contributed by atoms with Gasteiger partial charge in [0.25, 0.3) is 0 Å². The first-order chi connectivity index (χ1) is 8.89. The van der Waals surface area contributed by atoms with Gasteiger partial charge in [-0.2, -0.15) is 0 Å². The van der Waals surface area contributed by atoms with E-state index in [1.54, 1.807) is 6.07 Å². The van der Waals surface area contributed by atoms with E-state index in [1.807, 2.05) is 64.1 Å². The van der Waals surface area contributed by atoms with Crippen LogP contribution in [0.2, 0.25) is 0 Å². The smallest absolute Gasteiger partial charge is 0.118 e. The minimum absolute atomic E-state index is 0.452. The van der Waals surface area contributed by atoms with Gasteiger partial charge in [0.1, 0.15) is 5.82 Å². The van der Waals surface area contributed by atoms with E-state index in [-0.39, 0.29) is 0 Å². The molecule has 0 saturated heterocycles. The Labute approximate surface area is 114 Å². The van der Waals surface area contributed by atoms with Crippen molar-refractivity contribution in [1.82, 2.24) is 4.98 Å². The quantitative estimate of drug-likeness (QED) is 0.756. The van der Waals surface area contributed by atoms with E-state index in [0.29, 0.717) is 5.82 Å². The summed E-state index contributed by atoms with van der Waals surface area (Å²) < 4.78 is 0. The van der Waals surface area contributed by atoms with Crippen LogP contribution >= 0.6 is 0 Å². The third-order valence-electron chi connectivity index (χ3n) is 2.97. The molecule has 2 aromatic rings. The first-order valence-corrected chi connectivity index (χ1v) is 6.40. The maximum Gasteiger partial charge on any atom is 0.118 e. The number of pyridine rings is 1. The first-order valence-electron chi connectivity index (χ1n) is 6.40. The molecule has 1 aromatic carbocycles. The standard InChI is InChI=1S/C16H19N2O/c1-12-8-5-6-9-13(12)14-10-7-11-15(17-14)18(19)16(2,3)4/h5-11H,1-4H3/q-1. The van der Waals surface area contributed by atoms with E-state index >= 15 is 0 Å². The van der Waals surface area contributed by atoms with Crippen LogP contribution in [0.3, 0.4) is 0 Å². The molecule has 0 atom stereocenters. The molecule has 0 fully saturated rings. The molecule has 0 amide bonds. The minimum atomic E-state index is -0.489. The van der Waals surface area contributed by atoms with Crippen molar-refractivity contribution in [3.63, 3.8) is 0 Å². The topological polar surface area (TPSA) is 39.2 Å². The molecule has 0 unspecified atom stereocenters. The molecule has 2 rings (SSSR count). The molecule has 0 N–H and O–H groups in total. The van der Waals surface area contributed by atoms with E-state index in [4.69, 9.17) is 0 Å². The van der Waals surface area contributed by atoms with Gasteiger partial charge >= 0.3 is 0 Å². The maximum absolute atomic E-state index is 12.2. The van der Waals surface area contributed by atoms with Crippen LogP contribution in [-0.2, 0) is 0 Å². The number of hydroxylamine groups is 1. The number of hydrogen-bond donors (Lipinski definition) is 0. The van der Waals surface area contributed by atoms with Crippen LogP contribution in [0.25, 0.3) is 11.3 Å². The Morgan fingerprint density at radius 2 is 1.68 bits per heavy atom. The maximum atomic E-state index is 12.2. The Morgan fingerprint density at radius 1 is 1.00 bits per heavy atom. The van der Waals surface area contributed by atoms with E-state index < -0.39 is 5.54 Å². The van der Waals surface area contributed by atoms with Crippen LogP contribution in [0.5, 0.6) is 0 Å². The molecule has 19 heavy (non-hydrogen) atoms. The fraction of sp³-hybridized carbons (Fsp3) is 0.312. The normalized spacial score (nSPS) is 11.4. The molecule has 0 aliphatic carbocycles. The van der Waals surface area contributed by atoms with Crippen molar-refractivity contribution < 1.29 is 0 Å². The van der Waals surface area contributed by atoms with Crippen molar-refractivity contribution in [3.8, 4) is 11.3 Å². The molecule has 0 saturated carbocycles. The molecule has 1 heterocycles. The molecule has 3 nitrogen and oxygen atoms in total. The van der Waals surface area contributed by atoms with Crippen molar-refractivity contribution in [2.75, 3.05) is 5.06 Å². The summed E-state index contributed by atoms with van der Waals surface area (Å²) in [5.74, 6) is 0.452. The molecule has 0 aliphatic heterocycles. The lowest BCUT2D eigenvalue weighted by Gasteiger charge is -2.42. The predicted molar refractivity (Wildman–Crippen MR) is 80.0 cm³/mol. The Balaban J connectivity index is 2.43. The molecule has 0 radical (unpaired) electrons. The first kappa shape index (κ1) is 13.6. The van der Waals surface area contributed by atoms with Gasteiger partial charge in [0.15, 0.2) is 0 Å². The molecule has 1 aromatic heterocycles. The molecular formula is C16H19N2O-. The molecule has 3 heteroatoms. The van der Waals surface area contributed by atoms with Crippen molar-refractivity contribution >= 4 is 5.82 Å². The second-order valence-electron chi connectivity index (χ2n) is 5.66. The van der Waals surface area contributed by atoms with Crippen molar-refractivity contribution in [1.29, 1.82) is 0 Å². The third kappa shape index (κ3) is 2.93. The zero-order valence-corrected chi connectivity index (χ0v) is 11.8. The van der Waals surface area contributed by atoms with E-state index in [9.17, 15) is 5.21 Å². The van der Waals surface area contributed by atoms with Crippen molar-refractivity contribution in [2.24, 2.45) is 0 Å². The van der Waals surface area contributed by atoms with Gasteiger partial charge in [-0.1, -0.05) is 30.3 Å². The lowest BCUT2D eigenvalue weighted by Crippen LogP contribution is -2.37. The number of benzene rings is 1. The average Bonchev–Trinajstić information content (AvgIpc) is 2.37. The van der Waals surface area contributed by atoms with Crippen LogP contribution in [-0.4, -0.2) is 10.5 Å². The van der Waals surface area contributed by atoms with Crippen LogP contribution in [0.1, 0.15) is 26.3 Å². The minimum Gasteiger partial charge on any atom is -0.757 e. The zero-order valence-electron chi connectivity index (χ0n) is 11.8. The van der Waals surface area contributed by atoms with Crippen LogP contribution in [0.4, 0.5) is 5.82 Å². The van der Waals surface area contributed by atoms with Gasteiger partial charge in [0.05, 0.1) is 5.69 Å². The Bertz CT molecular complexity index is 573. The fourth-order valence-electron chi connectivity index (χ4n) is 1.89. The second-order valence-corrected chi connectivity index (χ2v) is 5.66. The second kappa shape index (κ2) is 5.02. The molecular weight excluding hydrogens is 236 g/mol. The monoisotopic (exact) mass is 255 g/mol. The Kier molecular flexibility index (Phi) is 3.58. The fourth-order valence-corrected chi connectivity index (χ4v) is 1.89. The molecule has 0 aliphatic rings. The summed E-state index contributed by atoms with van der Waals surface area (Å²) in [6, 6.07) is 13.6. The molecule has 0 bridgehead atoms. The van der Waals surface area contributed by atoms with Crippen LogP contribution < -0.4 is 5.06 Å². The van der Waals surface area contributed by atoms with E-state index in [0.717, 1.165) is 21.9 Å². The van der Waals surface area contributed by atoms with Gasteiger partial charge in [0.2, 0.25) is 0 Å². The zero-order chi connectivity index (χ0) is 14.0. The van der Waals surface area contributed by atoms with Gasteiger partial charge in [0, 0.05) is 11.1 Å². The summed E-state index contributed by atoms with van der Waals surface area (Å²) in [6.07, 6.45) is 0. The average molecular weight is 255 g/mol. The SMILES string of the molecule is Cc1ccccc1-c1cccc(N([O-])C(C)(C)C)n1. The lowest BCUT2D eigenvalue weighted by molar-refractivity contribution is 0.552. The van der Waals surface area contributed by atoms with E-state index in [2.05, 4.69) is 4.98 Å². The summed E-state index contributed by atoms with van der Waals surface area (Å²) in [5.41, 5.74) is 2.56. The summed E-state index contributed by atoms with van der Waals surface area (Å²) >= 11 is 0. The summed E-state index contributed by atoms with van der Waals surface area (Å²) in [6.45, 7) is 7.68. The van der Waals surface area contributed by atoms with Gasteiger partial charge in [-0.15, -0.1) is 0 Å². The highest BCUT2D eigenvalue weighted by molar-refractivity contribution is 5.65. The van der Waals surface area contributed by atoms with Crippen molar-refractivity contribution in [3.05, 3.63) is 53.2 Å². The number of aromatic nitrogens is 1. The van der Waals surface area contributed by atoms with Gasteiger partial charge < -0.3 is 10.3 Å². The number of aryl methyl sites for hydroxylation is 1. The Morgan fingerprint density at radius 3 is 2.32 bits per heavy atom. The van der Waals surface area contributed by atoms with Crippen molar-refractivity contribution in [2.45, 2.75) is 33.2 Å². The summed E-state index contributed by atoms with van der Waals surface area (Å²) in [5, 5.41) is 13.1. The Hall–Kier alpha value is -1.87. The lowest BCUT2D eigenvalue weighted by atomic mass is 10.1. The molecule has 100 valence electrons. The predicted octanol–water partition coefficient (Wildman–Crippen LogP) is 4.16. The third-order valence-corrected chi connectivity index (χ3v) is 2.97. The highest BCUT2D eigenvalue weighted by Crippen LogP contribution is 2.26.